The molecule has 9 N–H and O–H groups in total. The molecule has 6 atom stereocenters. The fourth-order valence-electron chi connectivity index (χ4n) is 10.2. The standard InChI is InChI=1S/3C17H17F3N6O2/c3*18-17(19,20)9-5-6-22-12(7-9)28-16-13-14(21)23-8-24-15(13)26(25-16)10-3-1-2-4-11(10)27/h3*5-8,10-11,27H,1-4H2,(H2,21,23,24)/t10?,11-;2*10-,11-/m110/s1. The summed E-state index contributed by atoms with van der Waals surface area (Å²) in [5, 5.41) is 44.9. The number of aliphatic hydroxyl groups excluding tert-OH is 3. The molecule has 444 valence electrons. The predicted octanol–water partition coefficient (Wildman–Crippen LogP) is 9.27. The fourth-order valence-corrected chi connectivity index (χ4v) is 10.2. The number of halogens is 9. The normalized spacial score (nSPS) is 20.4. The number of hydrogen-bond donors (Lipinski definition) is 6. The summed E-state index contributed by atoms with van der Waals surface area (Å²) in [5.41, 5.74) is 16.2. The number of rotatable bonds is 9. The minimum atomic E-state index is -4.53. The van der Waals surface area contributed by atoms with Gasteiger partial charge in [-0.25, -0.2) is 58.9 Å². The van der Waals surface area contributed by atoms with Crippen LogP contribution in [0.2, 0.25) is 0 Å². The van der Waals surface area contributed by atoms with Crippen molar-refractivity contribution in [1.29, 1.82) is 0 Å². The Balaban J connectivity index is 0.000000140. The van der Waals surface area contributed by atoms with E-state index in [2.05, 4.69) is 60.2 Å². The molecule has 3 aliphatic rings. The lowest BCUT2D eigenvalue weighted by Crippen LogP contribution is -2.28. The Morgan fingerprint density at radius 3 is 0.905 bits per heavy atom. The lowest BCUT2D eigenvalue weighted by atomic mass is 9.93. The van der Waals surface area contributed by atoms with Crippen molar-refractivity contribution in [3.05, 3.63) is 90.7 Å². The number of alkyl halides is 9. The smallest absolute Gasteiger partial charge is 0.416 e. The maximum absolute atomic E-state index is 12.9. The third-order valence-corrected chi connectivity index (χ3v) is 14.3. The summed E-state index contributed by atoms with van der Waals surface area (Å²) in [5.74, 6) is -0.805. The highest BCUT2D eigenvalue weighted by atomic mass is 19.4. The van der Waals surface area contributed by atoms with Gasteiger partial charge in [0.1, 0.15) is 52.6 Å². The highest BCUT2D eigenvalue weighted by Gasteiger charge is 2.36. The number of hydrogen-bond acceptors (Lipinski definition) is 21. The molecule has 1 unspecified atom stereocenters. The van der Waals surface area contributed by atoms with Crippen LogP contribution in [0.3, 0.4) is 0 Å². The number of nitrogens with zero attached hydrogens (tertiary/aromatic N) is 15. The molecule has 3 fully saturated rings. The van der Waals surface area contributed by atoms with Crippen molar-refractivity contribution < 1.29 is 69.0 Å². The van der Waals surface area contributed by atoms with Gasteiger partial charge in [-0.15, -0.1) is 15.3 Å². The van der Waals surface area contributed by atoms with Crippen molar-refractivity contribution in [1.82, 2.24) is 74.2 Å². The van der Waals surface area contributed by atoms with Gasteiger partial charge in [0.05, 0.1) is 53.1 Å². The minimum Gasteiger partial charge on any atom is -0.418 e. The second-order valence-electron chi connectivity index (χ2n) is 19.8. The van der Waals surface area contributed by atoms with Gasteiger partial charge in [-0.05, 0) is 56.7 Å². The Morgan fingerprint density at radius 2 is 0.655 bits per heavy atom. The minimum absolute atomic E-state index is 0.0577. The summed E-state index contributed by atoms with van der Waals surface area (Å²) in [6.45, 7) is 0. The van der Waals surface area contributed by atoms with Gasteiger partial charge in [-0.3, -0.25) is 0 Å². The Labute approximate surface area is 467 Å². The molecular weight excluding hydrogens is 1130 g/mol. The molecule has 0 aliphatic heterocycles. The molecule has 3 saturated carbocycles. The van der Waals surface area contributed by atoms with E-state index in [0.717, 1.165) is 93.5 Å². The zero-order chi connectivity index (χ0) is 59.7. The van der Waals surface area contributed by atoms with Crippen molar-refractivity contribution in [2.75, 3.05) is 17.2 Å². The van der Waals surface area contributed by atoms with Gasteiger partial charge in [-0.1, -0.05) is 38.5 Å². The Bertz CT molecular complexity index is 3400. The molecule has 0 bridgehead atoms. The lowest BCUT2D eigenvalue weighted by molar-refractivity contribution is -0.138. The first kappa shape index (κ1) is 58.4. The second kappa shape index (κ2) is 23.8. The molecule has 0 radical (unpaired) electrons. The highest BCUT2D eigenvalue weighted by molar-refractivity contribution is 5.92. The van der Waals surface area contributed by atoms with Crippen LogP contribution in [-0.2, 0) is 18.5 Å². The molecule has 33 heteroatoms. The average Bonchev–Trinajstić information content (AvgIpc) is 3.59. The monoisotopic (exact) mass is 1180 g/mol. The third-order valence-electron chi connectivity index (χ3n) is 14.3. The van der Waals surface area contributed by atoms with Crippen LogP contribution >= 0.6 is 0 Å². The van der Waals surface area contributed by atoms with Crippen LogP contribution < -0.4 is 31.4 Å². The van der Waals surface area contributed by atoms with E-state index in [4.69, 9.17) is 31.4 Å². The van der Waals surface area contributed by atoms with Crippen LogP contribution in [-0.4, -0.2) is 108 Å². The highest BCUT2D eigenvalue weighted by Crippen LogP contribution is 2.42. The van der Waals surface area contributed by atoms with Crippen LogP contribution in [0.25, 0.3) is 33.1 Å². The predicted molar refractivity (Wildman–Crippen MR) is 278 cm³/mol. The molecular formula is C51H51F9N18O6. The molecule has 0 amide bonds. The molecule has 9 aromatic heterocycles. The Hall–Kier alpha value is -8.85. The van der Waals surface area contributed by atoms with Crippen molar-refractivity contribution in [3.63, 3.8) is 0 Å². The summed E-state index contributed by atoms with van der Waals surface area (Å²) >= 11 is 0. The lowest BCUT2D eigenvalue weighted by Gasteiger charge is -2.27. The van der Waals surface area contributed by atoms with Crippen molar-refractivity contribution in [3.8, 4) is 35.3 Å². The van der Waals surface area contributed by atoms with Crippen LogP contribution in [0.5, 0.6) is 35.3 Å². The second-order valence-corrected chi connectivity index (χ2v) is 19.8. The topological polar surface area (TPSA) is 336 Å². The van der Waals surface area contributed by atoms with E-state index in [9.17, 15) is 54.8 Å². The summed E-state index contributed by atoms with van der Waals surface area (Å²) in [4.78, 5) is 35.8. The van der Waals surface area contributed by atoms with Crippen LogP contribution in [0.4, 0.5) is 57.0 Å². The maximum Gasteiger partial charge on any atom is 0.416 e. The molecule has 12 rings (SSSR count). The molecule has 84 heavy (non-hydrogen) atoms. The number of nitrogens with two attached hydrogens (primary N) is 3. The molecule has 0 spiro atoms. The van der Waals surface area contributed by atoms with Gasteiger partial charge >= 0.3 is 18.5 Å². The Morgan fingerprint density at radius 1 is 0.393 bits per heavy atom. The largest absolute Gasteiger partial charge is 0.418 e. The summed E-state index contributed by atoms with van der Waals surface area (Å²) < 4.78 is 138. The zero-order valence-corrected chi connectivity index (χ0v) is 43.8. The van der Waals surface area contributed by atoms with E-state index >= 15 is 0 Å². The quantitative estimate of drug-likeness (QED) is 0.0733. The van der Waals surface area contributed by atoms with Crippen molar-refractivity contribution in [2.45, 2.75) is 132 Å². The maximum atomic E-state index is 12.9. The molecule has 9 heterocycles. The number of aromatic nitrogens is 15. The average molecular weight is 1180 g/mol. The van der Waals surface area contributed by atoms with Crippen LogP contribution in [0.1, 0.15) is 112 Å². The van der Waals surface area contributed by atoms with Gasteiger partial charge in [0, 0.05) is 36.8 Å². The van der Waals surface area contributed by atoms with E-state index in [1.807, 2.05) is 0 Å². The van der Waals surface area contributed by atoms with Gasteiger partial charge < -0.3 is 46.7 Å². The number of nitrogen functional groups attached to an aromatic ring is 3. The Kier molecular flexibility index (Phi) is 16.5. The number of anilines is 3. The number of aliphatic hydroxyl groups is 3. The van der Waals surface area contributed by atoms with E-state index in [0.29, 0.717) is 55.5 Å². The number of pyridine rings is 3. The van der Waals surface area contributed by atoms with Gasteiger partial charge in [-0.2, -0.15) is 39.5 Å². The molecule has 9 aromatic rings. The molecule has 0 aromatic carbocycles. The molecule has 0 saturated heterocycles. The van der Waals surface area contributed by atoms with Crippen molar-refractivity contribution >= 4 is 50.6 Å². The van der Waals surface area contributed by atoms with E-state index < -0.39 is 53.5 Å². The van der Waals surface area contributed by atoms with Crippen LogP contribution in [0.15, 0.2) is 74.0 Å². The summed E-state index contributed by atoms with van der Waals surface area (Å²) in [6.07, 6.45) is 0.723. The first-order valence-corrected chi connectivity index (χ1v) is 26.2. The van der Waals surface area contributed by atoms with Crippen LogP contribution in [0, 0.1) is 0 Å². The first-order chi connectivity index (χ1) is 40.0. The fraction of sp³-hybridized carbons (Fsp3) is 0.412. The van der Waals surface area contributed by atoms with Gasteiger partial charge in [0.15, 0.2) is 16.9 Å². The zero-order valence-electron chi connectivity index (χ0n) is 43.8. The summed E-state index contributed by atoms with van der Waals surface area (Å²) in [6, 6.07) is 3.87. The van der Waals surface area contributed by atoms with Crippen molar-refractivity contribution in [2.24, 2.45) is 0 Å². The molecule has 3 aliphatic carbocycles. The first-order valence-electron chi connectivity index (χ1n) is 26.2. The van der Waals surface area contributed by atoms with E-state index in [1.165, 1.54) is 33.0 Å². The molecule has 24 nitrogen and oxygen atoms in total. The summed E-state index contributed by atoms with van der Waals surface area (Å²) in [7, 11) is 0. The SMILES string of the molecule is Nc1ncnc2c1c(Oc1cc(C(F)(F)F)ccn1)nn2C1CCCC[C@H]1O.Nc1ncnc2c1c(Oc1cc(C(F)(F)F)ccn1)nn2[C@@H]1CCCC[C@H]1O.Nc1ncnc2c1c(Oc1cc(C(F)(F)F)ccn1)nn2[C@H]1CCCC[C@@H]1O. The van der Waals surface area contributed by atoms with Gasteiger partial charge in [0.25, 0.3) is 17.6 Å². The van der Waals surface area contributed by atoms with Gasteiger partial charge in [0.2, 0.25) is 17.6 Å². The number of ether oxygens (including phenoxy) is 3. The third kappa shape index (κ3) is 12.6. The number of fused-ring (bicyclic) bond motifs is 3. The van der Waals surface area contributed by atoms with E-state index in [1.54, 1.807) is 0 Å². The van der Waals surface area contributed by atoms with E-state index in [-0.39, 0.29) is 87.0 Å².